The Labute approximate surface area is 270 Å². The number of carbonyl (C=O) groups is 5. The summed E-state index contributed by atoms with van der Waals surface area (Å²) in [6.45, 7) is 11.3. The number of primary amides is 1. The first-order valence-corrected chi connectivity index (χ1v) is 15.0. The van der Waals surface area contributed by atoms with Crippen LogP contribution in [0.3, 0.4) is 0 Å². The quantitative estimate of drug-likeness (QED) is 0.221. The molecule has 0 bridgehead atoms. The van der Waals surface area contributed by atoms with E-state index in [2.05, 4.69) is 10.6 Å². The number of nitriles is 1. The Morgan fingerprint density at radius 2 is 1.43 bits per heavy atom. The molecule has 0 radical (unpaired) electrons. The van der Waals surface area contributed by atoms with Gasteiger partial charge in [-0.15, -0.1) is 0 Å². The van der Waals surface area contributed by atoms with Crippen LogP contribution in [0.25, 0.3) is 0 Å². The second-order valence-electron chi connectivity index (χ2n) is 12.8. The molecule has 4 amide bonds. The van der Waals surface area contributed by atoms with Gasteiger partial charge in [0.05, 0.1) is 12.5 Å². The summed E-state index contributed by atoms with van der Waals surface area (Å²) in [7, 11) is 0. The number of amides is 4. The number of nitrogens with zero attached hydrogens (tertiary/aromatic N) is 2. The molecule has 3 atom stereocenters. The summed E-state index contributed by atoms with van der Waals surface area (Å²) in [6, 6.07) is 13.6. The summed E-state index contributed by atoms with van der Waals surface area (Å²) in [4.78, 5) is 67.2. The fourth-order valence-corrected chi connectivity index (χ4v) is 4.50. The fraction of sp³-hybridized carbons (Fsp3) is 0.471. The Hall–Kier alpha value is -4.92. The minimum absolute atomic E-state index is 0.0830. The van der Waals surface area contributed by atoms with E-state index < -0.39 is 72.1 Å². The van der Waals surface area contributed by atoms with Crippen LogP contribution in [0, 0.1) is 11.3 Å². The molecule has 0 heterocycles. The van der Waals surface area contributed by atoms with Crippen LogP contribution in [0.2, 0.25) is 0 Å². The van der Waals surface area contributed by atoms with Crippen molar-refractivity contribution in [2.45, 2.75) is 97.1 Å². The van der Waals surface area contributed by atoms with Crippen molar-refractivity contribution < 1.29 is 33.4 Å². The Balaban J connectivity index is 2.60. The van der Waals surface area contributed by atoms with Gasteiger partial charge < -0.3 is 30.7 Å². The highest BCUT2D eigenvalue weighted by Gasteiger charge is 2.39. The van der Waals surface area contributed by atoms with E-state index in [4.69, 9.17) is 15.2 Å². The average Bonchev–Trinajstić information content (AvgIpc) is 2.94. The van der Waals surface area contributed by atoms with Crippen LogP contribution in [-0.4, -0.2) is 64.5 Å². The average molecular weight is 636 g/mol. The van der Waals surface area contributed by atoms with E-state index >= 15 is 0 Å². The number of nitrogens with two attached hydrogens (primary N) is 1. The molecule has 248 valence electrons. The number of aryl methyl sites for hydroxylation is 1. The zero-order valence-electron chi connectivity index (χ0n) is 27.6. The van der Waals surface area contributed by atoms with Crippen LogP contribution in [0.15, 0.2) is 54.6 Å². The third kappa shape index (κ3) is 12.2. The maximum absolute atomic E-state index is 14.2. The Morgan fingerprint density at radius 1 is 0.848 bits per heavy atom. The Morgan fingerprint density at radius 3 is 1.93 bits per heavy atom. The number of hydrogen-bond acceptors (Lipinski definition) is 8. The standard InChI is InChI=1S/C34H45N5O7/c1-8-22-14-16-24(17-15-22)28(29(41)37-26(31(43)45-33(2,3)4)20-23-12-10-9-11-13-23)39(19-18-35)30(42)25(21-27(36)40)38-32(44)46-34(5,6)7/h9-17,25-26,28H,8,19-21H2,1-7H3,(H2,36,40)(H,37,41)(H,38,44). The van der Waals surface area contributed by atoms with Gasteiger partial charge in [0.25, 0.3) is 0 Å². The maximum Gasteiger partial charge on any atom is 0.408 e. The predicted octanol–water partition coefficient (Wildman–Crippen LogP) is 3.48. The topological polar surface area (TPSA) is 181 Å². The van der Waals surface area contributed by atoms with Gasteiger partial charge in [0.15, 0.2) is 0 Å². The lowest BCUT2D eigenvalue weighted by molar-refractivity contribution is -0.159. The third-order valence-electron chi connectivity index (χ3n) is 6.47. The molecule has 46 heavy (non-hydrogen) atoms. The zero-order valence-corrected chi connectivity index (χ0v) is 27.6. The van der Waals surface area contributed by atoms with Gasteiger partial charge in [-0.2, -0.15) is 5.26 Å². The molecule has 0 saturated heterocycles. The van der Waals surface area contributed by atoms with Gasteiger partial charge in [-0.25, -0.2) is 9.59 Å². The molecule has 3 unspecified atom stereocenters. The minimum Gasteiger partial charge on any atom is -0.458 e. The smallest absolute Gasteiger partial charge is 0.408 e. The van der Waals surface area contributed by atoms with E-state index in [1.807, 2.05) is 19.1 Å². The predicted molar refractivity (Wildman–Crippen MR) is 171 cm³/mol. The summed E-state index contributed by atoms with van der Waals surface area (Å²) >= 11 is 0. The summed E-state index contributed by atoms with van der Waals surface area (Å²) in [5.74, 6) is -3.31. The van der Waals surface area contributed by atoms with Crippen molar-refractivity contribution in [3.8, 4) is 6.07 Å². The van der Waals surface area contributed by atoms with Gasteiger partial charge in [-0.05, 0) is 64.7 Å². The second-order valence-corrected chi connectivity index (χ2v) is 12.8. The van der Waals surface area contributed by atoms with E-state index in [9.17, 15) is 29.2 Å². The lowest BCUT2D eigenvalue weighted by atomic mass is 9.99. The molecule has 2 aromatic carbocycles. The molecule has 0 spiro atoms. The van der Waals surface area contributed by atoms with Gasteiger partial charge >= 0.3 is 12.1 Å². The van der Waals surface area contributed by atoms with Gasteiger partial charge in [-0.3, -0.25) is 14.4 Å². The highest BCUT2D eigenvalue weighted by Crippen LogP contribution is 2.25. The SMILES string of the molecule is CCc1ccc(C(C(=O)NC(Cc2ccccc2)C(=O)OC(C)(C)C)N(CC#N)C(=O)C(CC(N)=O)NC(=O)OC(C)(C)C)cc1. The molecule has 0 aliphatic rings. The van der Waals surface area contributed by atoms with Crippen molar-refractivity contribution in [2.75, 3.05) is 6.54 Å². The zero-order chi connectivity index (χ0) is 34.7. The number of carbonyl (C=O) groups excluding carboxylic acids is 5. The number of hydrogen-bond donors (Lipinski definition) is 3. The van der Waals surface area contributed by atoms with Crippen molar-refractivity contribution in [3.05, 3.63) is 71.3 Å². The number of rotatable bonds is 13. The molecular formula is C34H45N5O7. The first kappa shape index (κ1) is 37.3. The van der Waals surface area contributed by atoms with Crippen molar-refractivity contribution >= 4 is 29.8 Å². The van der Waals surface area contributed by atoms with E-state index in [1.165, 1.54) is 0 Å². The van der Waals surface area contributed by atoms with Crippen LogP contribution in [0.5, 0.6) is 0 Å². The van der Waals surface area contributed by atoms with E-state index in [-0.39, 0.29) is 6.42 Å². The minimum atomic E-state index is -1.56. The highest BCUT2D eigenvalue weighted by molar-refractivity contribution is 5.95. The molecule has 0 aliphatic carbocycles. The lowest BCUT2D eigenvalue weighted by Crippen LogP contribution is -2.55. The molecule has 0 aromatic heterocycles. The first-order valence-electron chi connectivity index (χ1n) is 15.0. The molecular weight excluding hydrogens is 590 g/mol. The largest absolute Gasteiger partial charge is 0.458 e. The lowest BCUT2D eigenvalue weighted by Gasteiger charge is -2.33. The number of esters is 1. The van der Waals surface area contributed by atoms with Gasteiger partial charge in [-0.1, -0.05) is 61.5 Å². The number of ether oxygens (including phenoxy) is 2. The van der Waals surface area contributed by atoms with Crippen LogP contribution < -0.4 is 16.4 Å². The van der Waals surface area contributed by atoms with Crippen molar-refractivity contribution in [1.82, 2.24) is 15.5 Å². The van der Waals surface area contributed by atoms with Gasteiger partial charge in [0.1, 0.15) is 35.9 Å². The molecule has 12 heteroatoms. The molecule has 4 N–H and O–H groups in total. The Kier molecular flexibility index (Phi) is 13.3. The van der Waals surface area contributed by atoms with Crippen LogP contribution in [-0.2, 0) is 41.5 Å². The van der Waals surface area contributed by atoms with Crippen molar-refractivity contribution in [2.24, 2.45) is 5.73 Å². The number of benzene rings is 2. The molecule has 2 aromatic rings. The van der Waals surface area contributed by atoms with Crippen molar-refractivity contribution in [1.29, 1.82) is 5.26 Å². The maximum atomic E-state index is 14.2. The van der Waals surface area contributed by atoms with E-state index in [0.29, 0.717) is 12.0 Å². The summed E-state index contributed by atoms with van der Waals surface area (Å²) in [6.07, 6.45) is -0.835. The van der Waals surface area contributed by atoms with Gasteiger partial charge in [0.2, 0.25) is 17.7 Å². The molecule has 12 nitrogen and oxygen atoms in total. The van der Waals surface area contributed by atoms with E-state index in [0.717, 1.165) is 16.0 Å². The van der Waals surface area contributed by atoms with Crippen molar-refractivity contribution in [3.63, 3.8) is 0 Å². The number of nitrogens with one attached hydrogen (secondary N) is 2. The van der Waals surface area contributed by atoms with Crippen LogP contribution >= 0.6 is 0 Å². The Bertz CT molecular complexity index is 1410. The van der Waals surface area contributed by atoms with Crippen LogP contribution in [0.1, 0.15) is 77.6 Å². The van der Waals surface area contributed by atoms with Gasteiger partial charge in [0, 0.05) is 6.42 Å². The normalized spacial score (nSPS) is 13.3. The van der Waals surface area contributed by atoms with Crippen LogP contribution in [0.4, 0.5) is 4.79 Å². The molecule has 0 saturated carbocycles. The summed E-state index contributed by atoms with van der Waals surface area (Å²) < 4.78 is 10.9. The first-order chi connectivity index (χ1) is 21.4. The second kappa shape index (κ2) is 16.4. The monoisotopic (exact) mass is 635 g/mol. The summed E-state index contributed by atoms with van der Waals surface area (Å²) in [5, 5.41) is 14.9. The molecule has 2 rings (SSSR count). The van der Waals surface area contributed by atoms with E-state index in [1.54, 1.807) is 90.1 Å². The summed E-state index contributed by atoms with van der Waals surface area (Å²) in [5.41, 5.74) is 5.66. The molecule has 0 aliphatic heterocycles. The number of alkyl carbamates (subject to hydrolysis) is 1. The highest BCUT2D eigenvalue weighted by atomic mass is 16.6. The molecule has 0 fully saturated rings. The fourth-order valence-electron chi connectivity index (χ4n) is 4.50. The third-order valence-corrected chi connectivity index (χ3v) is 6.47.